The van der Waals surface area contributed by atoms with Crippen LogP contribution in [-0.4, -0.2) is 37.2 Å². The number of nitriles is 1. The maximum absolute atomic E-state index is 13.5. The van der Waals surface area contributed by atoms with Crippen molar-refractivity contribution in [1.29, 1.82) is 5.26 Å². The van der Waals surface area contributed by atoms with Crippen LogP contribution in [0.2, 0.25) is 0 Å². The SMILES string of the molecule is Cc1c(-n2c(O)c3c(c2O)[C@@]2(C)O[C@]3(C)[C@H](O)[C@H]2O)ccc(C#N)c1C(F)(F)F. The van der Waals surface area contributed by atoms with Crippen LogP contribution in [0.1, 0.15) is 41.7 Å². The lowest BCUT2D eigenvalue weighted by Gasteiger charge is -2.29. The van der Waals surface area contributed by atoms with Gasteiger partial charge < -0.3 is 25.2 Å². The number of alkyl halides is 3. The predicted octanol–water partition coefficient (Wildman–Crippen LogP) is 2.28. The molecule has 29 heavy (non-hydrogen) atoms. The number of hydrogen-bond donors (Lipinski definition) is 4. The highest BCUT2D eigenvalue weighted by Gasteiger charge is 2.69. The quantitative estimate of drug-likeness (QED) is 0.573. The number of ether oxygens (including phenoxy) is 1. The summed E-state index contributed by atoms with van der Waals surface area (Å²) in [5.41, 5.74) is -5.49. The number of halogens is 3. The van der Waals surface area contributed by atoms with E-state index in [1.54, 1.807) is 0 Å². The highest BCUT2D eigenvalue weighted by Crippen LogP contribution is 2.64. The van der Waals surface area contributed by atoms with E-state index in [0.29, 0.717) is 0 Å². The fraction of sp³-hybridized carbons (Fsp3) is 0.421. The molecular formula is C19H17F3N2O5. The zero-order valence-corrected chi connectivity index (χ0v) is 15.5. The number of hydrogen-bond acceptors (Lipinski definition) is 6. The van der Waals surface area contributed by atoms with Gasteiger partial charge in [-0.3, -0.25) is 4.57 Å². The highest BCUT2D eigenvalue weighted by atomic mass is 19.4. The van der Waals surface area contributed by atoms with Crippen LogP contribution in [0.15, 0.2) is 12.1 Å². The van der Waals surface area contributed by atoms with E-state index in [9.17, 15) is 33.6 Å². The lowest BCUT2D eigenvalue weighted by Crippen LogP contribution is -2.44. The summed E-state index contributed by atoms with van der Waals surface area (Å²) < 4.78 is 47.2. The molecule has 4 rings (SSSR count). The summed E-state index contributed by atoms with van der Waals surface area (Å²) in [6.07, 6.45) is -7.68. The summed E-state index contributed by atoms with van der Waals surface area (Å²) in [4.78, 5) is 0. The molecule has 154 valence electrons. The molecule has 0 spiro atoms. The van der Waals surface area contributed by atoms with Gasteiger partial charge >= 0.3 is 6.18 Å². The third-order valence-corrected chi connectivity index (χ3v) is 6.05. The molecule has 0 saturated carbocycles. The van der Waals surface area contributed by atoms with Crippen molar-refractivity contribution in [3.05, 3.63) is 39.9 Å². The molecule has 4 atom stereocenters. The molecule has 1 fully saturated rings. The Hall–Kier alpha value is -2.74. The normalized spacial score (nSPS) is 30.4. The summed E-state index contributed by atoms with van der Waals surface area (Å²) in [6, 6.07) is 3.63. The molecule has 0 radical (unpaired) electrons. The number of benzene rings is 1. The van der Waals surface area contributed by atoms with Gasteiger partial charge in [0.25, 0.3) is 0 Å². The molecular weight excluding hydrogens is 393 g/mol. The van der Waals surface area contributed by atoms with Crippen LogP contribution in [0, 0.1) is 18.3 Å². The predicted molar refractivity (Wildman–Crippen MR) is 91.4 cm³/mol. The molecule has 1 aromatic heterocycles. The Balaban J connectivity index is 2.04. The minimum Gasteiger partial charge on any atom is -0.494 e. The van der Waals surface area contributed by atoms with Gasteiger partial charge in [-0.25, -0.2) is 0 Å². The molecule has 3 heterocycles. The van der Waals surface area contributed by atoms with Crippen molar-refractivity contribution in [1.82, 2.24) is 4.57 Å². The van der Waals surface area contributed by atoms with E-state index < -0.39 is 52.5 Å². The second-order valence-electron chi connectivity index (χ2n) is 7.68. The first kappa shape index (κ1) is 19.6. The molecule has 1 saturated heterocycles. The van der Waals surface area contributed by atoms with Crippen LogP contribution >= 0.6 is 0 Å². The van der Waals surface area contributed by atoms with Gasteiger partial charge in [-0.1, -0.05) is 0 Å². The second-order valence-corrected chi connectivity index (χ2v) is 7.68. The first-order valence-corrected chi connectivity index (χ1v) is 8.65. The van der Waals surface area contributed by atoms with Gasteiger partial charge in [0.2, 0.25) is 11.8 Å². The lowest BCUT2D eigenvalue weighted by molar-refractivity contribution is -0.138. The Bertz CT molecular complexity index is 1060. The minimum absolute atomic E-state index is 0.00683. The highest BCUT2D eigenvalue weighted by molar-refractivity contribution is 5.65. The second kappa shape index (κ2) is 5.44. The third-order valence-electron chi connectivity index (χ3n) is 6.05. The van der Waals surface area contributed by atoms with Crippen LogP contribution < -0.4 is 0 Å². The van der Waals surface area contributed by atoms with Gasteiger partial charge in [0, 0.05) is 0 Å². The van der Waals surface area contributed by atoms with Crippen molar-refractivity contribution in [2.75, 3.05) is 0 Å². The van der Waals surface area contributed by atoms with Crippen molar-refractivity contribution in [2.24, 2.45) is 0 Å². The van der Waals surface area contributed by atoms with Crippen LogP contribution in [0.25, 0.3) is 5.69 Å². The van der Waals surface area contributed by atoms with Crippen LogP contribution in [-0.2, 0) is 22.1 Å². The molecule has 2 aromatic rings. The molecule has 4 N–H and O–H groups in total. The lowest BCUT2D eigenvalue weighted by atomic mass is 9.76. The molecule has 1 aromatic carbocycles. The zero-order valence-electron chi connectivity index (χ0n) is 15.5. The number of rotatable bonds is 1. The zero-order chi connectivity index (χ0) is 21.7. The van der Waals surface area contributed by atoms with Crippen molar-refractivity contribution >= 4 is 0 Å². The van der Waals surface area contributed by atoms with E-state index in [-0.39, 0.29) is 22.4 Å². The summed E-state index contributed by atoms with van der Waals surface area (Å²) in [6.45, 7) is 3.95. The Morgan fingerprint density at radius 1 is 1.07 bits per heavy atom. The van der Waals surface area contributed by atoms with E-state index in [2.05, 4.69) is 0 Å². The Morgan fingerprint density at radius 2 is 1.55 bits per heavy atom. The van der Waals surface area contributed by atoms with E-state index in [4.69, 9.17) is 10.00 Å². The number of aromatic hydroxyl groups is 2. The smallest absolute Gasteiger partial charge is 0.418 e. The first-order chi connectivity index (χ1) is 13.3. The van der Waals surface area contributed by atoms with Crippen molar-refractivity contribution in [2.45, 2.75) is 50.4 Å². The van der Waals surface area contributed by atoms with Crippen molar-refractivity contribution < 1.29 is 38.3 Å². The van der Waals surface area contributed by atoms with E-state index in [1.807, 2.05) is 0 Å². The summed E-state index contributed by atoms with van der Waals surface area (Å²) in [5.74, 6) is -1.23. The Morgan fingerprint density at radius 3 is 1.97 bits per heavy atom. The van der Waals surface area contributed by atoms with Crippen LogP contribution in [0.3, 0.4) is 0 Å². The average molecular weight is 410 g/mol. The van der Waals surface area contributed by atoms with Crippen LogP contribution in [0.4, 0.5) is 13.2 Å². The molecule has 2 aliphatic rings. The number of aliphatic hydroxyl groups excluding tert-OH is 2. The number of aliphatic hydroxyl groups is 2. The average Bonchev–Trinajstić information content (AvgIpc) is 3.10. The maximum atomic E-state index is 13.5. The molecule has 2 bridgehead atoms. The number of fused-ring (bicyclic) bond motifs is 5. The molecule has 10 heteroatoms. The summed E-state index contributed by atoms with van der Waals surface area (Å²) in [7, 11) is 0. The van der Waals surface area contributed by atoms with E-state index >= 15 is 0 Å². The topological polar surface area (TPSA) is 119 Å². The molecule has 0 aliphatic carbocycles. The Kier molecular flexibility index (Phi) is 3.67. The fourth-order valence-corrected chi connectivity index (χ4v) is 4.68. The van der Waals surface area contributed by atoms with Gasteiger partial charge in [0.05, 0.1) is 34.0 Å². The van der Waals surface area contributed by atoms with Crippen molar-refractivity contribution in [3.63, 3.8) is 0 Å². The Labute approximate surface area is 162 Å². The molecule has 0 amide bonds. The van der Waals surface area contributed by atoms with Gasteiger partial charge in [0.15, 0.2) is 0 Å². The maximum Gasteiger partial charge on any atom is 0.418 e. The molecule has 2 aliphatic heterocycles. The fourth-order valence-electron chi connectivity index (χ4n) is 4.68. The van der Waals surface area contributed by atoms with Gasteiger partial charge in [-0.05, 0) is 38.5 Å². The minimum atomic E-state index is -4.83. The number of nitrogens with zero attached hydrogens (tertiary/aromatic N) is 2. The van der Waals surface area contributed by atoms with Gasteiger partial charge in [-0.15, -0.1) is 0 Å². The monoisotopic (exact) mass is 410 g/mol. The summed E-state index contributed by atoms with van der Waals surface area (Å²) in [5, 5.41) is 51.4. The first-order valence-electron chi connectivity index (χ1n) is 8.65. The number of aromatic nitrogens is 1. The largest absolute Gasteiger partial charge is 0.494 e. The third kappa shape index (κ3) is 2.12. The van der Waals surface area contributed by atoms with E-state index in [1.165, 1.54) is 26.0 Å². The standard InChI is InChI=1S/C19H17F3N2O5/c1-7-9(5-4-8(6-23)10(7)19(20,21)22)24-15(27)11-12(16(24)28)18(3)14(26)13(25)17(11,2)29-18/h4-5,13-14,25-28H,1-3H3/t13-,14-,17-,18+/m1/s1. The molecule has 7 nitrogen and oxygen atoms in total. The van der Waals surface area contributed by atoms with Crippen LogP contribution in [0.5, 0.6) is 11.8 Å². The van der Waals surface area contributed by atoms with Gasteiger partial charge in [0.1, 0.15) is 23.4 Å². The van der Waals surface area contributed by atoms with E-state index in [0.717, 1.165) is 17.6 Å². The summed E-state index contributed by atoms with van der Waals surface area (Å²) >= 11 is 0. The molecule has 0 unspecified atom stereocenters. The van der Waals surface area contributed by atoms with Crippen molar-refractivity contribution in [3.8, 4) is 23.5 Å². The van der Waals surface area contributed by atoms with Gasteiger partial charge in [-0.2, -0.15) is 18.4 Å².